The highest BCUT2D eigenvalue weighted by Gasteiger charge is 2.15. The minimum atomic E-state index is -0.888. The normalized spacial score (nSPS) is 10.9. The SMILES string of the molecule is COc1ccccc1C(=O)Oc1ccc(C(C)=NNC(=O)C(=O)Nc2cc(C)cc(C)c2)cc1. The first kappa shape index (κ1) is 24.2. The predicted octanol–water partition coefficient (Wildman–Crippen LogP) is 4.01. The van der Waals surface area contributed by atoms with Gasteiger partial charge in [0.05, 0.1) is 12.8 Å². The van der Waals surface area contributed by atoms with Crippen molar-refractivity contribution in [2.45, 2.75) is 20.8 Å². The number of carbonyl (C=O) groups is 3. The van der Waals surface area contributed by atoms with E-state index in [0.29, 0.717) is 34.0 Å². The van der Waals surface area contributed by atoms with Gasteiger partial charge in [-0.15, -0.1) is 0 Å². The van der Waals surface area contributed by atoms with Crippen molar-refractivity contribution in [1.29, 1.82) is 0 Å². The molecular formula is C26H25N3O5. The van der Waals surface area contributed by atoms with Gasteiger partial charge in [0, 0.05) is 5.69 Å². The lowest BCUT2D eigenvalue weighted by Gasteiger charge is -2.09. The Kier molecular flexibility index (Phi) is 7.76. The highest BCUT2D eigenvalue weighted by atomic mass is 16.5. The third-order valence-electron chi connectivity index (χ3n) is 4.82. The van der Waals surface area contributed by atoms with Crippen molar-refractivity contribution in [3.05, 3.63) is 89.0 Å². The summed E-state index contributed by atoms with van der Waals surface area (Å²) in [4.78, 5) is 36.7. The number of methoxy groups -OCH3 is 1. The molecule has 2 N–H and O–H groups in total. The Bertz CT molecular complexity index is 1230. The van der Waals surface area contributed by atoms with E-state index in [1.807, 2.05) is 19.9 Å². The van der Waals surface area contributed by atoms with Gasteiger partial charge in [-0.05, 0) is 86.0 Å². The number of nitrogens with one attached hydrogen (secondary N) is 2. The molecule has 0 aliphatic carbocycles. The minimum Gasteiger partial charge on any atom is -0.496 e. The van der Waals surface area contributed by atoms with E-state index in [4.69, 9.17) is 9.47 Å². The van der Waals surface area contributed by atoms with Crippen LogP contribution in [0, 0.1) is 13.8 Å². The number of amides is 2. The van der Waals surface area contributed by atoms with E-state index < -0.39 is 17.8 Å². The monoisotopic (exact) mass is 459 g/mol. The average Bonchev–Trinajstić information content (AvgIpc) is 2.82. The van der Waals surface area contributed by atoms with Gasteiger partial charge in [-0.2, -0.15) is 5.10 Å². The second kappa shape index (κ2) is 10.9. The van der Waals surface area contributed by atoms with Gasteiger partial charge in [-0.1, -0.05) is 18.2 Å². The van der Waals surface area contributed by atoms with E-state index in [0.717, 1.165) is 11.1 Å². The molecule has 0 radical (unpaired) electrons. The van der Waals surface area contributed by atoms with Crippen LogP contribution < -0.4 is 20.2 Å². The molecule has 0 aromatic heterocycles. The molecule has 0 saturated carbocycles. The molecule has 0 spiro atoms. The summed E-state index contributed by atoms with van der Waals surface area (Å²) >= 11 is 0. The summed E-state index contributed by atoms with van der Waals surface area (Å²) in [7, 11) is 1.48. The van der Waals surface area contributed by atoms with Gasteiger partial charge in [0.15, 0.2) is 0 Å². The quantitative estimate of drug-likeness (QED) is 0.190. The zero-order chi connectivity index (χ0) is 24.7. The second-order valence-corrected chi connectivity index (χ2v) is 7.58. The molecule has 0 aliphatic heterocycles. The smallest absolute Gasteiger partial charge is 0.347 e. The first-order chi connectivity index (χ1) is 16.3. The maximum Gasteiger partial charge on any atom is 0.347 e. The summed E-state index contributed by atoms with van der Waals surface area (Å²) in [6.45, 7) is 5.49. The maximum atomic E-state index is 12.4. The molecule has 2 amide bonds. The molecule has 3 aromatic rings. The number of hydrogen-bond acceptors (Lipinski definition) is 6. The number of carbonyl (C=O) groups excluding carboxylic acids is 3. The van der Waals surface area contributed by atoms with E-state index in [1.54, 1.807) is 67.6 Å². The fourth-order valence-electron chi connectivity index (χ4n) is 3.22. The molecule has 0 saturated heterocycles. The number of esters is 1. The zero-order valence-electron chi connectivity index (χ0n) is 19.3. The second-order valence-electron chi connectivity index (χ2n) is 7.58. The number of benzene rings is 3. The van der Waals surface area contributed by atoms with E-state index in [1.165, 1.54) is 7.11 Å². The Morgan fingerprint density at radius 3 is 2.15 bits per heavy atom. The van der Waals surface area contributed by atoms with E-state index in [-0.39, 0.29) is 0 Å². The predicted molar refractivity (Wildman–Crippen MR) is 129 cm³/mol. The minimum absolute atomic E-state index is 0.314. The van der Waals surface area contributed by atoms with Crippen molar-refractivity contribution in [3.8, 4) is 11.5 Å². The lowest BCUT2D eigenvalue weighted by molar-refractivity contribution is -0.136. The fraction of sp³-hybridized carbons (Fsp3) is 0.154. The zero-order valence-corrected chi connectivity index (χ0v) is 19.3. The molecule has 3 aromatic carbocycles. The molecule has 0 aliphatic rings. The van der Waals surface area contributed by atoms with Crippen LogP contribution in [-0.4, -0.2) is 30.6 Å². The van der Waals surface area contributed by atoms with E-state index in [9.17, 15) is 14.4 Å². The molecule has 0 heterocycles. The largest absolute Gasteiger partial charge is 0.496 e. The highest BCUT2D eigenvalue weighted by Crippen LogP contribution is 2.21. The summed E-state index contributed by atoms with van der Waals surface area (Å²) in [6.07, 6.45) is 0. The first-order valence-corrected chi connectivity index (χ1v) is 10.5. The van der Waals surface area contributed by atoms with Gasteiger partial charge in [0.2, 0.25) is 0 Å². The third-order valence-corrected chi connectivity index (χ3v) is 4.82. The molecular weight excluding hydrogens is 434 g/mol. The van der Waals surface area contributed by atoms with Gasteiger partial charge in [0.1, 0.15) is 17.1 Å². The lowest BCUT2D eigenvalue weighted by atomic mass is 10.1. The molecule has 8 nitrogen and oxygen atoms in total. The summed E-state index contributed by atoms with van der Waals surface area (Å²) in [5, 5.41) is 6.54. The average molecular weight is 460 g/mol. The van der Waals surface area contributed by atoms with Gasteiger partial charge < -0.3 is 14.8 Å². The van der Waals surface area contributed by atoms with Crippen molar-refractivity contribution in [2.24, 2.45) is 5.10 Å². The van der Waals surface area contributed by atoms with Gasteiger partial charge in [-0.25, -0.2) is 10.2 Å². The molecule has 3 rings (SSSR count). The third kappa shape index (κ3) is 6.29. The summed E-state index contributed by atoms with van der Waals surface area (Å²) < 4.78 is 10.6. The Morgan fingerprint density at radius 2 is 1.50 bits per heavy atom. The van der Waals surface area contributed by atoms with Crippen LogP contribution in [0.4, 0.5) is 5.69 Å². The molecule has 8 heteroatoms. The van der Waals surface area contributed by atoms with Crippen molar-refractivity contribution in [1.82, 2.24) is 5.43 Å². The molecule has 0 fully saturated rings. The Balaban J connectivity index is 1.59. The van der Waals surface area contributed by atoms with Gasteiger partial charge >= 0.3 is 17.8 Å². The number of aryl methyl sites for hydroxylation is 2. The number of ether oxygens (including phenoxy) is 2. The molecule has 0 atom stereocenters. The van der Waals surface area contributed by atoms with Crippen LogP contribution in [0.25, 0.3) is 0 Å². The van der Waals surface area contributed by atoms with E-state index >= 15 is 0 Å². The molecule has 0 unspecified atom stereocenters. The lowest BCUT2D eigenvalue weighted by Crippen LogP contribution is -2.33. The first-order valence-electron chi connectivity index (χ1n) is 10.5. The standard InChI is InChI=1S/C26H25N3O5/c1-16-13-17(2)15-20(14-16)27-24(30)25(31)29-28-18(3)19-9-11-21(12-10-19)34-26(32)22-7-5-6-8-23(22)33-4/h5-15H,1-4H3,(H,27,30)(H,29,31). The Morgan fingerprint density at radius 1 is 0.853 bits per heavy atom. The van der Waals surface area contributed by atoms with Crippen molar-refractivity contribution >= 4 is 29.2 Å². The van der Waals surface area contributed by atoms with Crippen LogP contribution in [0.3, 0.4) is 0 Å². The van der Waals surface area contributed by atoms with Crippen molar-refractivity contribution in [3.63, 3.8) is 0 Å². The highest BCUT2D eigenvalue weighted by molar-refractivity contribution is 6.39. The summed E-state index contributed by atoms with van der Waals surface area (Å²) in [5.74, 6) is -1.49. The van der Waals surface area contributed by atoms with Crippen molar-refractivity contribution < 1.29 is 23.9 Å². The number of rotatable bonds is 6. The van der Waals surface area contributed by atoms with E-state index in [2.05, 4.69) is 15.8 Å². The number of hydrazone groups is 1. The number of para-hydroxylation sites is 1. The van der Waals surface area contributed by atoms with Crippen LogP contribution >= 0.6 is 0 Å². The van der Waals surface area contributed by atoms with Crippen LogP contribution in [0.5, 0.6) is 11.5 Å². The van der Waals surface area contributed by atoms with Crippen LogP contribution in [0.15, 0.2) is 71.8 Å². The fourth-order valence-corrected chi connectivity index (χ4v) is 3.22. The number of hydrogen-bond donors (Lipinski definition) is 2. The molecule has 34 heavy (non-hydrogen) atoms. The summed E-state index contributed by atoms with van der Waals surface area (Å²) in [6, 6.07) is 18.9. The van der Waals surface area contributed by atoms with Crippen molar-refractivity contribution in [2.75, 3.05) is 12.4 Å². The maximum absolute atomic E-state index is 12.4. The number of nitrogens with zero attached hydrogens (tertiary/aromatic N) is 1. The van der Waals surface area contributed by atoms with Gasteiger partial charge in [-0.3, -0.25) is 9.59 Å². The van der Waals surface area contributed by atoms with Crippen LogP contribution in [0.2, 0.25) is 0 Å². The summed E-state index contributed by atoms with van der Waals surface area (Å²) in [5.41, 5.74) is 6.19. The molecule has 0 bridgehead atoms. The topological polar surface area (TPSA) is 106 Å². The van der Waals surface area contributed by atoms with Crippen LogP contribution in [-0.2, 0) is 9.59 Å². The Hall–Kier alpha value is -4.46. The Labute approximate surface area is 197 Å². The number of anilines is 1. The van der Waals surface area contributed by atoms with Crippen LogP contribution in [0.1, 0.15) is 34.0 Å². The van der Waals surface area contributed by atoms with Gasteiger partial charge in [0.25, 0.3) is 0 Å². The molecule has 174 valence electrons.